The van der Waals surface area contributed by atoms with Gasteiger partial charge in [0.25, 0.3) is 0 Å². The van der Waals surface area contributed by atoms with Gasteiger partial charge in [0.15, 0.2) is 5.79 Å². The molecule has 1 saturated heterocycles. The second-order valence-corrected chi connectivity index (χ2v) is 6.04. The number of carbonyl (C=O) groups is 1. The van der Waals surface area contributed by atoms with Crippen molar-refractivity contribution in [1.82, 2.24) is 0 Å². The van der Waals surface area contributed by atoms with Gasteiger partial charge in [-0.2, -0.15) is 0 Å². The average molecular weight is 288 g/mol. The van der Waals surface area contributed by atoms with E-state index in [2.05, 4.69) is 0 Å². The van der Waals surface area contributed by atoms with Crippen LogP contribution in [-0.2, 0) is 14.3 Å². The molecule has 4 nitrogen and oxygen atoms in total. The fourth-order valence-electron chi connectivity index (χ4n) is 3.01. The average Bonchev–Trinajstić information content (AvgIpc) is 2.90. The lowest BCUT2D eigenvalue weighted by molar-refractivity contribution is -0.152. The van der Waals surface area contributed by atoms with Crippen LogP contribution < -0.4 is 4.74 Å². The Labute approximate surface area is 124 Å². The van der Waals surface area contributed by atoms with E-state index in [1.807, 2.05) is 38.1 Å². The van der Waals surface area contributed by atoms with Crippen LogP contribution in [0, 0.1) is 5.92 Å². The standard InChI is InChI=1S/C17H20O4/c1-17(2)20-14-10-12(11-15(14)21-17)8-9-16(18)19-13-6-4-3-5-7-13/h3-9,12,14-15H,10-11H2,1-2H3/b9-8+/t12?,14-,15+. The molecule has 0 radical (unpaired) electrons. The van der Waals surface area contributed by atoms with Gasteiger partial charge in [-0.1, -0.05) is 24.3 Å². The highest BCUT2D eigenvalue weighted by Gasteiger charge is 2.46. The molecule has 4 heteroatoms. The second-order valence-electron chi connectivity index (χ2n) is 6.04. The number of allylic oxidation sites excluding steroid dienone is 1. The number of rotatable bonds is 3. The number of fused-ring (bicyclic) bond motifs is 1. The highest BCUT2D eigenvalue weighted by atomic mass is 16.8. The molecule has 0 N–H and O–H groups in total. The smallest absolute Gasteiger partial charge is 0.335 e. The van der Waals surface area contributed by atoms with E-state index < -0.39 is 5.79 Å². The number of benzene rings is 1. The van der Waals surface area contributed by atoms with Crippen molar-refractivity contribution < 1.29 is 19.0 Å². The summed E-state index contributed by atoms with van der Waals surface area (Å²) in [7, 11) is 0. The summed E-state index contributed by atoms with van der Waals surface area (Å²) >= 11 is 0. The Bertz CT molecular complexity index is 519. The first-order valence-corrected chi connectivity index (χ1v) is 7.32. The molecule has 0 aromatic heterocycles. The van der Waals surface area contributed by atoms with Gasteiger partial charge in [-0.3, -0.25) is 0 Å². The van der Waals surface area contributed by atoms with Crippen molar-refractivity contribution in [3.8, 4) is 5.75 Å². The van der Waals surface area contributed by atoms with E-state index in [0.717, 1.165) is 12.8 Å². The Kier molecular flexibility index (Phi) is 3.83. The summed E-state index contributed by atoms with van der Waals surface area (Å²) < 4.78 is 16.9. The van der Waals surface area contributed by atoms with E-state index in [-0.39, 0.29) is 18.2 Å². The highest BCUT2D eigenvalue weighted by Crippen LogP contribution is 2.41. The molecule has 1 aliphatic carbocycles. The molecule has 1 aromatic rings. The number of esters is 1. The summed E-state index contributed by atoms with van der Waals surface area (Å²) in [5.41, 5.74) is 0. The number of hydrogen-bond acceptors (Lipinski definition) is 4. The van der Waals surface area contributed by atoms with E-state index in [9.17, 15) is 4.79 Å². The van der Waals surface area contributed by atoms with Crippen LogP contribution in [0.15, 0.2) is 42.5 Å². The Morgan fingerprint density at radius 2 is 1.81 bits per heavy atom. The molecule has 112 valence electrons. The maximum absolute atomic E-state index is 11.7. The SMILES string of the molecule is CC1(C)O[C@H]2CC(/C=C/C(=O)Oc3ccccc3)C[C@H]2O1. The molecule has 1 heterocycles. The number of hydrogen-bond donors (Lipinski definition) is 0. The zero-order chi connectivity index (χ0) is 14.9. The maximum Gasteiger partial charge on any atom is 0.335 e. The minimum absolute atomic E-state index is 0.139. The lowest BCUT2D eigenvalue weighted by Gasteiger charge is -2.19. The predicted molar refractivity (Wildman–Crippen MR) is 77.8 cm³/mol. The van der Waals surface area contributed by atoms with Crippen LogP contribution in [0.2, 0.25) is 0 Å². The Morgan fingerprint density at radius 1 is 1.19 bits per heavy atom. The van der Waals surface area contributed by atoms with Crippen molar-refractivity contribution >= 4 is 5.97 Å². The maximum atomic E-state index is 11.7. The van der Waals surface area contributed by atoms with Crippen LogP contribution in [0.1, 0.15) is 26.7 Å². The van der Waals surface area contributed by atoms with Gasteiger partial charge in [0, 0.05) is 6.08 Å². The first kappa shape index (κ1) is 14.3. The molecule has 2 fully saturated rings. The molecule has 1 aromatic carbocycles. The molecule has 1 saturated carbocycles. The molecule has 1 unspecified atom stereocenters. The molecule has 0 bridgehead atoms. The Morgan fingerprint density at radius 3 is 2.43 bits per heavy atom. The fraction of sp³-hybridized carbons (Fsp3) is 0.471. The van der Waals surface area contributed by atoms with Gasteiger partial charge in [0.2, 0.25) is 0 Å². The minimum Gasteiger partial charge on any atom is -0.423 e. The molecule has 1 aliphatic heterocycles. The van der Waals surface area contributed by atoms with Gasteiger partial charge in [0.1, 0.15) is 5.75 Å². The molecule has 0 spiro atoms. The number of para-hydroxylation sites is 1. The van der Waals surface area contributed by atoms with Gasteiger partial charge < -0.3 is 14.2 Å². The Hall–Kier alpha value is -1.65. The summed E-state index contributed by atoms with van der Waals surface area (Å²) in [6.07, 6.45) is 5.47. The third kappa shape index (κ3) is 3.52. The van der Waals surface area contributed by atoms with E-state index in [1.165, 1.54) is 6.08 Å². The van der Waals surface area contributed by atoms with Crippen LogP contribution in [0.4, 0.5) is 0 Å². The molecular formula is C17H20O4. The molecular weight excluding hydrogens is 268 g/mol. The van der Waals surface area contributed by atoms with Crippen molar-refractivity contribution in [3.63, 3.8) is 0 Å². The van der Waals surface area contributed by atoms with Crippen molar-refractivity contribution in [2.24, 2.45) is 5.92 Å². The summed E-state index contributed by atoms with van der Waals surface area (Å²) in [5, 5.41) is 0. The number of ether oxygens (including phenoxy) is 3. The normalized spacial score (nSPS) is 30.5. The summed E-state index contributed by atoms with van der Waals surface area (Å²) in [4.78, 5) is 11.7. The van der Waals surface area contributed by atoms with Gasteiger partial charge in [-0.15, -0.1) is 0 Å². The van der Waals surface area contributed by atoms with Crippen molar-refractivity contribution in [2.45, 2.75) is 44.7 Å². The minimum atomic E-state index is -0.476. The van der Waals surface area contributed by atoms with Crippen LogP contribution in [0.25, 0.3) is 0 Å². The van der Waals surface area contributed by atoms with E-state index in [4.69, 9.17) is 14.2 Å². The fourth-order valence-corrected chi connectivity index (χ4v) is 3.01. The first-order chi connectivity index (χ1) is 10.0. The van der Waals surface area contributed by atoms with Gasteiger partial charge in [-0.05, 0) is 44.7 Å². The lowest BCUT2D eigenvalue weighted by atomic mass is 10.1. The molecule has 3 rings (SSSR count). The predicted octanol–water partition coefficient (Wildman–Crippen LogP) is 3.08. The van der Waals surface area contributed by atoms with Crippen molar-refractivity contribution in [1.29, 1.82) is 0 Å². The topological polar surface area (TPSA) is 44.8 Å². The monoisotopic (exact) mass is 288 g/mol. The Balaban J connectivity index is 1.51. The lowest BCUT2D eigenvalue weighted by Crippen LogP contribution is -2.22. The first-order valence-electron chi connectivity index (χ1n) is 7.32. The molecule has 2 aliphatic rings. The van der Waals surface area contributed by atoms with E-state index in [0.29, 0.717) is 11.7 Å². The summed E-state index contributed by atoms with van der Waals surface area (Å²) in [5.74, 6) is 0.0414. The summed E-state index contributed by atoms with van der Waals surface area (Å²) in [6.45, 7) is 3.88. The molecule has 0 amide bonds. The molecule has 21 heavy (non-hydrogen) atoms. The van der Waals surface area contributed by atoms with E-state index in [1.54, 1.807) is 12.1 Å². The van der Waals surface area contributed by atoms with Crippen LogP contribution in [0.3, 0.4) is 0 Å². The molecule has 3 atom stereocenters. The number of carbonyl (C=O) groups excluding carboxylic acids is 1. The quantitative estimate of drug-likeness (QED) is 0.487. The van der Waals surface area contributed by atoms with Gasteiger partial charge in [-0.25, -0.2) is 4.79 Å². The van der Waals surface area contributed by atoms with Crippen LogP contribution >= 0.6 is 0 Å². The largest absolute Gasteiger partial charge is 0.423 e. The van der Waals surface area contributed by atoms with Crippen LogP contribution in [-0.4, -0.2) is 24.0 Å². The highest BCUT2D eigenvalue weighted by molar-refractivity contribution is 5.84. The van der Waals surface area contributed by atoms with E-state index >= 15 is 0 Å². The van der Waals surface area contributed by atoms with Crippen molar-refractivity contribution in [3.05, 3.63) is 42.5 Å². The van der Waals surface area contributed by atoms with Crippen molar-refractivity contribution in [2.75, 3.05) is 0 Å². The third-order valence-electron chi connectivity index (χ3n) is 3.82. The summed E-state index contributed by atoms with van der Waals surface area (Å²) in [6, 6.07) is 9.07. The van der Waals surface area contributed by atoms with Gasteiger partial charge in [0.05, 0.1) is 12.2 Å². The second kappa shape index (κ2) is 5.62. The zero-order valence-electron chi connectivity index (χ0n) is 12.3. The van der Waals surface area contributed by atoms with Gasteiger partial charge >= 0.3 is 5.97 Å². The zero-order valence-corrected chi connectivity index (χ0v) is 12.3. The third-order valence-corrected chi connectivity index (χ3v) is 3.82. The van der Waals surface area contributed by atoms with Crippen LogP contribution in [0.5, 0.6) is 5.75 Å².